The van der Waals surface area contributed by atoms with Gasteiger partial charge in [0, 0.05) is 12.1 Å². The lowest BCUT2D eigenvalue weighted by Gasteiger charge is -2.11. The van der Waals surface area contributed by atoms with Crippen molar-refractivity contribution in [2.75, 3.05) is 6.61 Å². The number of aliphatic hydroxyl groups is 1. The molecule has 1 rings (SSSR count). The molecule has 2 amide bonds. The highest BCUT2D eigenvalue weighted by Gasteiger charge is 2.18. The predicted octanol–water partition coefficient (Wildman–Crippen LogP) is -0.476. The first-order valence-corrected chi connectivity index (χ1v) is 4.52. The van der Waals surface area contributed by atoms with Crippen molar-refractivity contribution < 1.29 is 24.2 Å². The van der Waals surface area contributed by atoms with Crippen LogP contribution in [-0.2, 0) is 11.3 Å². The predicted molar refractivity (Wildman–Crippen MR) is 52.6 cm³/mol. The summed E-state index contributed by atoms with van der Waals surface area (Å²) in [5.74, 6) is -1.29. The van der Waals surface area contributed by atoms with E-state index in [9.17, 15) is 9.59 Å². The average Bonchev–Trinajstić information content (AvgIpc) is 2.75. The highest BCUT2D eigenvalue weighted by Crippen LogP contribution is 1.98. The van der Waals surface area contributed by atoms with Crippen molar-refractivity contribution in [3.8, 4) is 0 Å². The van der Waals surface area contributed by atoms with Crippen LogP contribution in [-0.4, -0.2) is 34.9 Å². The molecule has 1 aromatic heterocycles. The van der Waals surface area contributed by atoms with Gasteiger partial charge < -0.3 is 25.3 Å². The highest BCUT2D eigenvalue weighted by molar-refractivity contribution is 5.82. The number of hydrogen-bond acceptors (Lipinski definition) is 4. The number of rotatable bonds is 5. The Kier molecular flexibility index (Phi) is 4.34. The van der Waals surface area contributed by atoms with Crippen LogP contribution in [0.15, 0.2) is 23.0 Å². The number of hydrogen-bond donors (Lipinski definition) is 4. The maximum atomic E-state index is 11.2. The zero-order valence-corrected chi connectivity index (χ0v) is 8.34. The monoisotopic (exact) mass is 228 g/mol. The van der Waals surface area contributed by atoms with E-state index in [4.69, 9.17) is 14.6 Å². The Morgan fingerprint density at radius 1 is 1.50 bits per heavy atom. The second kappa shape index (κ2) is 5.76. The Labute approximate surface area is 91.1 Å². The molecule has 1 atom stereocenters. The summed E-state index contributed by atoms with van der Waals surface area (Å²) in [6, 6.07) is -0.298. The summed E-state index contributed by atoms with van der Waals surface area (Å²) in [5.41, 5.74) is 0.756. The molecule has 7 nitrogen and oxygen atoms in total. The molecular weight excluding hydrogens is 216 g/mol. The van der Waals surface area contributed by atoms with E-state index < -0.39 is 24.6 Å². The van der Waals surface area contributed by atoms with Crippen molar-refractivity contribution in [2.24, 2.45) is 0 Å². The minimum Gasteiger partial charge on any atom is -0.480 e. The maximum Gasteiger partial charge on any atom is 0.328 e. The molecule has 16 heavy (non-hydrogen) atoms. The minimum atomic E-state index is -1.30. The highest BCUT2D eigenvalue weighted by atomic mass is 16.4. The second-order valence-corrected chi connectivity index (χ2v) is 3.03. The zero-order valence-electron chi connectivity index (χ0n) is 8.34. The first-order valence-electron chi connectivity index (χ1n) is 4.52. The number of furan rings is 1. The van der Waals surface area contributed by atoms with Crippen molar-refractivity contribution >= 4 is 12.0 Å². The number of amides is 2. The van der Waals surface area contributed by atoms with Gasteiger partial charge in [-0.15, -0.1) is 0 Å². The van der Waals surface area contributed by atoms with E-state index >= 15 is 0 Å². The lowest BCUT2D eigenvalue weighted by atomic mass is 10.3. The summed E-state index contributed by atoms with van der Waals surface area (Å²) in [7, 11) is 0. The molecule has 4 N–H and O–H groups in total. The van der Waals surface area contributed by atoms with E-state index in [1.165, 1.54) is 12.5 Å². The van der Waals surface area contributed by atoms with Gasteiger partial charge in [0.15, 0.2) is 6.04 Å². The molecule has 1 aromatic rings. The standard InChI is InChI=1S/C9H12N2O5/c12-4-7(8(13)14)11-9(15)10-3-6-1-2-16-5-6/h1-2,5,7,12H,3-4H2,(H,13,14)(H2,10,11,15). The third-order valence-electron chi connectivity index (χ3n) is 1.82. The first-order chi connectivity index (χ1) is 7.63. The van der Waals surface area contributed by atoms with Crippen LogP contribution in [0.25, 0.3) is 0 Å². The van der Waals surface area contributed by atoms with Gasteiger partial charge in [-0.25, -0.2) is 9.59 Å². The van der Waals surface area contributed by atoms with Gasteiger partial charge in [0.05, 0.1) is 19.1 Å². The van der Waals surface area contributed by atoms with Crippen molar-refractivity contribution in [1.29, 1.82) is 0 Å². The molecule has 0 fully saturated rings. The topological polar surface area (TPSA) is 112 Å². The van der Waals surface area contributed by atoms with E-state index in [1.807, 2.05) is 0 Å². The summed E-state index contributed by atoms with van der Waals surface area (Å²) >= 11 is 0. The molecule has 1 unspecified atom stereocenters. The lowest BCUT2D eigenvalue weighted by molar-refractivity contribution is -0.140. The fourth-order valence-corrected chi connectivity index (χ4v) is 0.970. The van der Waals surface area contributed by atoms with E-state index in [2.05, 4.69) is 10.6 Å². The van der Waals surface area contributed by atoms with Crippen LogP contribution >= 0.6 is 0 Å². The van der Waals surface area contributed by atoms with E-state index in [-0.39, 0.29) is 6.54 Å². The second-order valence-electron chi connectivity index (χ2n) is 3.03. The van der Waals surface area contributed by atoms with Crippen LogP contribution in [0.2, 0.25) is 0 Å². The third-order valence-corrected chi connectivity index (χ3v) is 1.82. The van der Waals surface area contributed by atoms with Crippen molar-refractivity contribution in [1.82, 2.24) is 10.6 Å². The summed E-state index contributed by atoms with van der Waals surface area (Å²) in [6.07, 6.45) is 2.92. The molecule has 7 heteroatoms. The molecule has 0 bridgehead atoms. The van der Waals surface area contributed by atoms with E-state index in [0.717, 1.165) is 5.56 Å². The van der Waals surface area contributed by atoms with Crippen LogP contribution < -0.4 is 10.6 Å². The number of urea groups is 1. The van der Waals surface area contributed by atoms with Gasteiger partial charge in [0.25, 0.3) is 0 Å². The van der Waals surface area contributed by atoms with Crippen LogP contribution in [0.1, 0.15) is 5.56 Å². The molecule has 0 aliphatic carbocycles. The summed E-state index contributed by atoms with van der Waals surface area (Å²) in [4.78, 5) is 21.7. The molecule has 0 radical (unpaired) electrons. The summed E-state index contributed by atoms with van der Waals surface area (Å²) in [5, 5.41) is 21.7. The molecule has 0 aliphatic heterocycles. The summed E-state index contributed by atoms with van der Waals surface area (Å²) < 4.78 is 4.78. The van der Waals surface area contributed by atoms with Gasteiger partial charge >= 0.3 is 12.0 Å². The number of aliphatic hydroxyl groups excluding tert-OH is 1. The van der Waals surface area contributed by atoms with Gasteiger partial charge in [0.1, 0.15) is 0 Å². The van der Waals surface area contributed by atoms with Gasteiger partial charge in [-0.2, -0.15) is 0 Å². The Balaban J connectivity index is 2.33. The largest absolute Gasteiger partial charge is 0.480 e. The average molecular weight is 228 g/mol. The first kappa shape index (κ1) is 12.1. The molecule has 0 saturated carbocycles. The SMILES string of the molecule is O=C(NCc1ccoc1)NC(CO)C(=O)O. The van der Waals surface area contributed by atoms with Crippen LogP contribution in [0.3, 0.4) is 0 Å². The van der Waals surface area contributed by atoms with Crippen molar-refractivity contribution in [2.45, 2.75) is 12.6 Å². The van der Waals surface area contributed by atoms with Crippen molar-refractivity contribution in [3.05, 3.63) is 24.2 Å². The molecule has 88 valence electrons. The maximum absolute atomic E-state index is 11.2. The van der Waals surface area contributed by atoms with Crippen LogP contribution in [0.4, 0.5) is 4.79 Å². The quantitative estimate of drug-likeness (QED) is 0.544. The number of carbonyl (C=O) groups is 2. The van der Waals surface area contributed by atoms with Gasteiger partial charge in [-0.05, 0) is 6.07 Å². The van der Waals surface area contributed by atoms with Gasteiger partial charge in [0.2, 0.25) is 0 Å². The molecule has 0 aliphatic rings. The normalized spacial score (nSPS) is 11.8. The van der Waals surface area contributed by atoms with Crippen molar-refractivity contribution in [3.63, 3.8) is 0 Å². The Hall–Kier alpha value is -2.02. The Morgan fingerprint density at radius 2 is 2.25 bits per heavy atom. The summed E-state index contributed by atoms with van der Waals surface area (Å²) in [6.45, 7) is -0.436. The molecule has 1 heterocycles. The number of carboxylic acid groups (broad SMARTS) is 1. The smallest absolute Gasteiger partial charge is 0.328 e. The molecule has 0 saturated heterocycles. The number of aliphatic carboxylic acids is 1. The molecular formula is C9H12N2O5. The Bertz CT molecular complexity index is 349. The van der Waals surface area contributed by atoms with Crippen LogP contribution in [0.5, 0.6) is 0 Å². The van der Waals surface area contributed by atoms with Gasteiger partial charge in [-0.1, -0.05) is 0 Å². The lowest BCUT2D eigenvalue weighted by Crippen LogP contribution is -2.47. The van der Waals surface area contributed by atoms with E-state index in [0.29, 0.717) is 0 Å². The fourth-order valence-electron chi connectivity index (χ4n) is 0.970. The Morgan fingerprint density at radius 3 is 2.75 bits per heavy atom. The van der Waals surface area contributed by atoms with Crippen LogP contribution in [0, 0.1) is 0 Å². The number of carboxylic acids is 1. The molecule has 0 spiro atoms. The van der Waals surface area contributed by atoms with E-state index in [1.54, 1.807) is 6.07 Å². The number of nitrogens with one attached hydrogen (secondary N) is 2. The molecule has 0 aromatic carbocycles. The number of carbonyl (C=O) groups excluding carboxylic acids is 1. The minimum absolute atomic E-state index is 0.222. The third kappa shape index (κ3) is 3.62. The zero-order chi connectivity index (χ0) is 12.0. The fraction of sp³-hybridized carbons (Fsp3) is 0.333. The van der Waals surface area contributed by atoms with Gasteiger partial charge in [-0.3, -0.25) is 0 Å².